The van der Waals surface area contributed by atoms with E-state index in [-0.39, 0.29) is 17.0 Å². The van der Waals surface area contributed by atoms with Crippen LogP contribution in [0.1, 0.15) is 0 Å². The molecule has 0 spiro atoms. The van der Waals surface area contributed by atoms with Gasteiger partial charge >= 0.3 is 0 Å². The summed E-state index contributed by atoms with van der Waals surface area (Å²) in [5.74, 6) is 0. The highest BCUT2D eigenvalue weighted by atomic mass is 79.9. The summed E-state index contributed by atoms with van der Waals surface area (Å²) in [6.45, 7) is 0. The molecule has 0 aromatic heterocycles. The Labute approximate surface area is 69.8 Å². The molecule has 1 aliphatic rings. The van der Waals surface area contributed by atoms with Crippen LogP contribution in [-0.2, 0) is 0 Å². The molecule has 52 valence electrons. The molecule has 1 aliphatic heterocycles. The molecule has 0 radical (unpaired) electrons. The SMILES string of the molecule is C1=c2ccccc2=C[NH2+]1.[Br-]. The highest BCUT2D eigenvalue weighted by molar-refractivity contribution is 5.29. The number of nitrogens with two attached hydrogens (primary N) is 1. The highest BCUT2D eigenvalue weighted by Crippen LogP contribution is 1.69. The first-order valence-electron chi connectivity index (χ1n) is 3.07. The molecular formula is C8H8BrN. The van der Waals surface area contributed by atoms with E-state index in [0.717, 1.165) is 0 Å². The third kappa shape index (κ3) is 1.13. The molecule has 0 fully saturated rings. The van der Waals surface area contributed by atoms with Crippen LogP contribution in [-0.4, -0.2) is 0 Å². The normalized spacial score (nSPS) is 12.4. The molecule has 1 nitrogen and oxygen atoms in total. The quantitative estimate of drug-likeness (QED) is 0.435. The summed E-state index contributed by atoms with van der Waals surface area (Å²) >= 11 is 0. The van der Waals surface area contributed by atoms with Crippen molar-refractivity contribution in [1.82, 2.24) is 0 Å². The standard InChI is InChI=1S/C8H7N.BrH/c1-2-4-8-6-9-5-7(8)3-1;/h1-6,9H;1H. The van der Waals surface area contributed by atoms with Crippen LogP contribution in [0.3, 0.4) is 0 Å². The van der Waals surface area contributed by atoms with Gasteiger partial charge in [-0.05, 0) is 12.1 Å². The average Bonchev–Trinajstić information content (AvgIpc) is 2.33. The fourth-order valence-electron chi connectivity index (χ4n) is 1.07. The first kappa shape index (κ1) is 7.51. The second-order valence-corrected chi connectivity index (χ2v) is 2.15. The number of quaternary nitrogens is 1. The lowest BCUT2D eigenvalue weighted by Gasteiger charge is -1.75. The number of hydrogen-bond acceptors (Lipinski definition) is 0. The van der Waals surface area contributed by atoms with Crippen molar-refractivity contribution in [3.05, 3.63) is 34.7 Å². The molecule has 2 heteroatoms. The van der Waals surface area contributed by atoms with Crippen molar-refractivity contribution in [3.63, 3.8) is 0 Å². The first-order chi connectivity index (χ1) is 4.47. The van der Waals surface area contributed by atoms with E-state index in [1.165, 1.54) is 10.4 Å². The molecule has 0 saturated carbocycles. The summed E-state index contributed by atoms with van der Waals surface area (Å²) in [5, 5.41) is 4.74. The van der Waals surface area contributed by atoms with E-state index in [9.17, 15) is 0 Å². The molecular weight excluding hydrogens is 190 g/mol. The van der Waals surface area contributed by atoms with Crippen LogP contribution in [0.15, 0.2) is 24.3 Å². The summed E-state index contributed by atoms with van der Waals surface area (Å²) in [5.41, 5.74) is 0. The van der Waals surface area contributed by atoms with E-state index in [1.807, 2.05) is 0 Å². The summed E-state index contributed by atoms with van der Waals surface area (Å²) in [7, 11) is 0. The number of fused-ring (bicyclic) bond motifs is 1. The Bertz CT molecular complexity index is 296. The zero-order chi connectivity index (χ0) is 6.10. The van der Waals surface area contributed by atoms with E-state index in [0.29, 0.717) is 0 Å². The Morgan fingerprint density at radius 2 is 1.40 bits per heavy atom. The molecule has 1 aromatic rings. The lowest BCUT2D eigenvalue weighted by molar-refractivity contribution is -0.433. The van der Waals surface area contributed by atoms with Crippen molar-refractivity contribution in [1.29, 1.82) is 0 Å². The van der Waals surface area contributed by atoms with E-state index < -0.39 is 0 Å². The number of benzene rings is 1. The van der Waals surface area contributed by atoms with Crippen molar-refractivity contribution < 1.29 is 22.3 Å². The topological polar surface area (TPSA) is 16.6 Å². The molecule has 1 aromatic carbocycles. The van der Waals surface area contributed by atoms with Crippen molar-refractivity contribution in [2.45, 2.75) is 0 Å². The van der Waals surface area contributed by atoms with Gasteiger partial charge in [-0.1, -0.05) is 12.1 Å². The monoisotopic (exact) mass is 197 g/mol. The smallest absolute Gasteiger partial charge is 0.105 e. The van der Waals surface area contributed by atoms with Gasteiger partial charge in [-0.3, -0.25) is 5.32 Å². The Hall–Kier alpha value is -0.600. The summed E-state index contributed by atoms with van der Waals surface area (Å²) < 4.78 is 0. The molecule has 0 amide bonds. The minimum atomic E-state index is 0. The Balaban J connectivity index is 0.000000500. The van der Waals surface area contributed by atoms with Gasteiger partial charge in [0, 0.05) is 10.4 Å². The summed E-state index contributed by atoms with van der Waals surface area (Å²) in [4.78, 5) is 0. The lowest BCUT2D eigenvalue weighted by Crippen LogP contribution is -3.00. The van der Waals surface area contributed by atoms with E-state index in [1.54, 1.807) is 0 Å². The maximum atomic E-state index is 2.12. The second kappa shape index (κ2) is 2.99. The van der Waals surface area contributed by atoms with Crippen molar-refractivity contribution >= 4 is 12.4 Å². The van der Waals surface area contributed by atoms with Crippen LogP contribution < -0.4 is 32.7 Å². The van der Waals surface area contributed by atoms with Gasteiger partial charge in [0.15, 0.2) is 0 Å². The van der Waals surface area contributed by atoms with Crippen LogP contribution in [0.4, 0.5) is 0 Å². The first-order valence-corrected chi connectivity index (χ1v) is 3.07. The van der Waals surface area contributed by atoms with Gasteiger partial charge in [-0.15, -0.1) is 0 Å². The molecule has 1 heterocycles. The Morgan fingerprint density at radius 1 is 0.900 bits per heavy atom. The van der Waals surface area contributed by atoms with Crippen LogP contribution in [0, 0.1) is 0 Å². The van der Waals surface area contributed by atoms with Gasteiger partial charge in [0.25, 0.3) is 0 Å². The third-order valence-corrected chi connectivity index (χ3v) is 1.55. The minimum absolute atomic E-state index is 0. The van der Waals surface area contributed by atoms with Crippen LogP contribution in [0.25, 0.3) is 12.4 Å². The minimum Gasteiger partial charge on any atom is -1.00 e. The van der Waals surface area contributed by atoms with Crippen molar-refractivity contribution in [2.24, 2.45) is 0 Å². The van der Waals surface area contributed by atoms with Crippen molar-refractivity contribution in [2.75, 3.05) is 0 Å². The lowest BCUT2D eigenvalue weighted by atomic mass is 10.3. The maximum Gasteiger partial charge on any atom is 0.105 e. The van der Waals surface area contributed by atoms with E-state index >= 15 is 0 Å². The van der Waals surface area contributed by atoms with Gasteiger partial charge in [0.05, 0.1) is 0 Å². The van der Waals surface area contributed by atoms with Gasteiger partial charge in [-0.2, -0.15) is 0 Å². The van der Waals surface area contributed by atoms with Crippen LogP contribution in [0.5, 0.6) is 0 Å². The van der Waals surface area contributed by atoms with E-state index in [2.05, 4.69) is 42.0 Å². The van der Waals surface area contributed by atoms with Gasteiger partial charge in [0.1, 0.15) is 12.4 Å². The van der Waals surface area contributed by atoms with Crippen LogP contribution in [0.2, 0.25) is 0 Å². The van der Waals surface area contributed by atoms with Crippen LogP contribution >= 0.6 is 0 Å². The van der Waals surface area contributed by atoms with E-state index in [4.69, 9.17) is 0 Å². The molecule has 0 unspecified atom stereocenters. The molecule has 2 rings (SSSR count). The Kier molecular flexibility index (Phi) is 2.25. The third-order valence-electron chi connectivity index (χ3n) is 1.55. The largest absolute Gasteiger partial charge is 1.00 e. The fraction of sp³-hybridized carbons (Fsp3) is 0. The zero-order valence-corrected chi connectivity index (χ0v) is 7.01. The van der Waals surface area contributed by atoms with Gasteiger partial charge in [0.2, 0.25) is 0 Å². The highest BCUT2D eigenvalue weighted by Gasteiger charge is 1.91. The average molecular weight is 198 g/mol. The second-order valence-electron chi connectivity index (χ2n) is 2.15. The fourth-order valence-corrected chi connectivity index (χ4v) is 1.07. The number of hydrogen-bond donors (Lipinski definition) is 1. The van der Waals surface area contributed by atoms with Gasteiger partial charge in [-0.25, -0.2) is 0 Å². The maximum absolute atomic E-state index is 2.12. The predicted molar refractivity (Wildman–Crippen MR) is 36.5 cm³/mol. The predicted octanol–water partition coefficient (Wildman–Crippen LogP) is -4.26. The number of halogens is 1. The van der Waals surface area contributed by atoms with Gasteiger partial charge < -0.3 is 17.0 Å². The molecule has 2 N–H and O–H groups in total. The zero-order valence-electron chi connectivity index (χ0n) is 5.42. The molecule has 0 atom stereocenters. The summed E-state index contributed by atoms with van der Waals surface area (Å²) in [6.07, 6.45) is 4.24. The molecule has 0 saturated heterocycles. The summed E-state index contributed by atoms with van der Waals surface area (Å²) in [6, 6.07) is 8.36. The van der Waals surface area contributed by atoms with Crippen molar-refractivity contribution in [3.8, 4) is 0 Å². The Morgan fingerprint density at radius 3 is 1.90 bits per heavy atom. The molecule has 10 heavy (non-hydrogen) atoms. The molecule has 0 aliphatic carbocycles. The number of rotatable bonds is 0. The molecule has 0 bridgehead atoms.